The summed E-state index contributed by atoms with van der Waals surface area (Å²) in [5.41, 5.74) is 9.88. The maximum absolute atomic E-state index is 13.7. The van der Waals surface area contributed by atoms with E-state index >= 15 is 0 Å². The molecule has 0 spiro atoms. The van der Waals surface area contributed by atoms with E-state index < -0.39 is 5.82 Å². The zero-order valence-corrected chi connectivity index (χ0v) is 12.1. The van der Waals surface area contributed by atoms with Crippen LogP contribution in [0.1, 0.15) is 5.56 Å². The third-order valence-corrected chi connectivity index (χ3v) is 3.74. The molecule has 0 saturated heterocycles. The van der Waals surface area contributed by atoms with Gasteiger partial charge in [-0.2, -0.15) is 5.10 Å². The minimum atomic E-state index is -0.475. The summed E-state index contributed by atoms with van der Waals surface area (Å²) >= 11 is 6.06. The van der Waals surface area contributed by atoms with Crippen molar-refractivity contribution in [2.45, 2.75) is 6.92 Å². The number of aryl methyl sites for hydroxylation is 1. The summed E-state index contributed by atoms with van der Waals surface area (Å²) in [4.78, 5) is 0. The Kier molecular flexibility index (Phi) is 3.39. The van der Waals surface area contributed by atoms with E-state index in [1.807, 2.05) is 31.2 Å². The molecule has 2 aromatic carbocycles. The van der Waals surface area contributed by atoms with Crippen LogP contribution < -0.4 is 5.73 Å². The molecule has 3 rings (SSSR count). The maximum Gasteiger partial charge on any atom is 0.153 e. The number of H-pyrrole nitrogens is 1. The van der Waals surface area contributed by atoms with Crippen molar-refractivity contribution in [2.24, 2.45) is 0 Å². The number of rotatable bonds is 2. The summed E-state index contributed by atoms with van der Waals surface area (Å²) in [7, 11) is 0. The van der Waals surface area contributed by atoms with Gasteiger partial charge in [-0.1, -0.05) is 53.6 Å². The number of hydrogen-bond donors (Lipinski definition) is 2. The van der Waals surface area contributed by atoms with Gasteiger partial charge >= 0.3 is 0 Å². The van der Waals surface area contributed by atoms with Crippen molar-refractivity contribution >= 4 is 17.4 Å². The van der Waals surface area contributed by atoms with Gasteiger partial charge in [-0.25, -0.2) is 4.39 Å². The SMILES string of the molecule is Cc1ccc(-c2c(N)n[nH]c2-c2cccc(F)c2Cl)cc1. The lowest BCUT2D eigenvalue weighted by Crippen LogP contribution is -1.90. The lowest BCUT2D eigenvalue weighted by Gasteiger charge is -2.07. The van der Waals surface area contributed by atoms with Crippen LogP contribution in [0.4, 0.5) is 10.2 Å². The van der Waals surface area contributed by atoms with Crippen LogP contribution in [0.2, 0.25) is 5.02 Å². The molecule has 21 heavy (non-hydrogen) atoms. The molecule has 0 aliphatic heterocycles. The molecule has 3 nitrogen and oxygen atoms in total. The van der Waals surface area contributed by atoms with Crippen molar-refractivity contribution in [3.63, 3.8) is 0 Å². The summed E-state index contributed by atoms with van der Waals surface area (Å²) in [5.74, 6) is -0.119. The highest BCUT2D eigenvalue weighted by Crippen LogP contribution is 2.38. The second kappa shape index (κ2) is 5.22. The monoisotopic (exact) mass is 301 g/mol. The first kappa shape index (κ1) is 13.6. The van der Waals surface area contributed by atoms with Crippen molar-refractivity contribution in [3.8, 4) is 22.4 Å². The van der Waals surface area contributed by atoms with E-state index in [2.05, 4.69) is 10.2 Å². The third kappa shape index (κ3) is 2.38. The molecule has 0 amide bonds. The molecule has 0 saturated carbocycles. The number of anilines is 1. The molecule has 0 radical (unpaired) electrons. The molecular weight excluding hydrogens is 289 g/mol. The van der Waals surface area contributed by atoms with Crippen LogP contribution in [0.3, 0.4) is 0 Å². The summed E-state index contributed by atoms with van der Waals surface area (Å²) in [6, 6.07) is 12.5. The highest BCUT2D eigenvalue weighted by molar-refractivity contribution is 6.33. The number of nitrogens with two attached hydrogens (primary N) is 1. The summed E-state index contributed by atoms with van der Waals surface area (Å²) < 4.78 is 13.7. The quantitative estimate of drug-likeness (QED) is 0.736. The first-order valence-corrected chi connectivity index (χ1v) is 6.81. The number of nitrogens with zero attached hydrogens (tertiary/aromatic N) is 1. The molecule has 0 aliphatic rings. The van der Waals surface area contributed by atoms with Gasteiger partial charge < -0.3 is 5.73 Å². The molecule has 3 N–H and O–H groups in total. The fourth-order valence-corrected chi connectivity index (χ4v) is 2.48. The second-order valence-electron chi connectivity index (χ2n) is 4.83. The molecule has 3 aromatic rings. The fraction of sp³-hybridized carbons (Fsp3) is 0.0625. The van der Waals surface area contributed by atoms with E-state index in [0.29, 0.717) is 17.1 Å². The molecule has 5 heteroatoms. The summed E-state index contributed by atoms with van der Waals surface area (Å²) in [5, 5.41) is 6.93. The van der Waals surface area contributed by atoms with Crippen molar-refractivity contribution in [1.82, 2.24) is 10.2 Å². The van der Waals surface area contributed by atoms with Crippen molar-refractivity contribution in [3.05, 3.63) is 58.9 Å². The van der Waals surface area contributed by atoms with Crippen LogP contribution in [-0.2, 0) is 0 Å². The van der Waals surface area contributed by atoms with E-state index in [0.717, 1.165) is 16.7 Å². The number of hydrogen-bond acceptors (Lipinski definition) is 2. The smallest absolute Gasteiger partial charge is 0.153 e. The van der Waals surface area contributed by atoms with Crippen molar-refractivity contribution in [2.75, 3.05) is 5.73 Å². The molecule has 0 unspecified atom stereocenters. The number of benzene rings is 2. The zero-order chi connectivity index (χ0) is 15.0. The van der Waals surface area contributed by atoms with Crippen LogP contribution in [0, 0.1) is 12.7 Å². The Balaban J connectivity index is 2.22. The number of halogens is 2. The lowest BCUT2D eigenvalue weighted by molar-refractivity contribution is 0.628. The van der Waals surface area contributed by atoms with E-state index in [1.165, 1.54) is 6.07 Å². The van der Waals surface area contributed by atoms with E-state index in [-0.39, 0.29) is 5.02 Å². The third-order valence-electron chi connectivity index (χ3n) is 3.36. The average molecular weight is 302 g/mol. The van der Waals surface area contributed by atoms with Gasteiger partial charge in [0, 0.05) is 5.56 Å². The minimum Gasteiger partial charge on any atom is -0.382 e. The van der Waals surface area contributed by atoms with Gasteiger partial charge in [0.05, 0.1) is 16.3 Å². The van der Waals surface area contributed by atoms with E-state index in [9.17, 15) is 4.39 Å². The largest absolute Gasteiger partial charge is 0.382 e. The fourth-order valence-electron chi connectivity index (χ4n) is 2.26. The topological polar surface area (TPSA) is 54.7 Å². The summed E-state index contributed by atoms with van der Waals surface area (Å²) in [6.07, 6.45) is 0. The van der Waals surface area contributed by atoms with Crippen LogP contribution in [-0.4, -0.2) is 10.2 Å². The Hall–Kier alpha value is -2.33. The zero-order valence-electron chi connectivity index (χ0n) is 11.3. The molecule has 0 bridgehead atoms. The highest BCUT2D eigenvalue weighted by Gasteiger charge is 2.18. The summed E-state index contributed by atoms with van der Waals surface area (Å²) in [6.45, 7) is 2.01. The minimum absolute atomic E-state index is 0.0505. The van der Waals surface area contributed by atoms with Gasteiger partial charge in [-0.15, -0.1) is 0 Å². The van der Waals surface area contributed by atoms with Crippen molar-refractivity contribution in [1.29, 1.82) is 0 Å². The Bertz CT molecular complexity index is 794. The molecule has 1 heterocycles. The molecule has 1 aromatic heterocycles. The van der Waals surface area contributed by atoms with Crippen molar-refractivity contribution < 1.29 is 4.39 Å². The molecule has 0 fully saturated rings. The normalized spacial score (nSPS) is 10.8. The number of nitrogens with one attached hydrogen (secondary N) is 1. The van der Waals surface area contributed by atoms with Gasteiger partial charge in [0.1, 0.15) is 5.82 Å². The average Bonchev–Trinajstić information content (AvgIpc) is 2.85. The number of nitrogen functional groups attached to an aromatic ring is 1. The van der Waals surface area contributed by atoms with Crippen LogP contribution in [0.5, 0.6) is 0 Å². The van der Waals surface area contributed by atoms with Gasteiger partial charge in [-0.05, 0) is 18.6 Å². The van der Waals surface area contributed by atoms with Gasteiger partial charge in [0.2, 0.25) is 0 Å². The predicted octanol–water partition coefficient (Wildman–Crippen LogP) is 4.43. The second-order valence-corrected chi connectivity index (χ2v) is 5.20. The van der Waals surface area contributed by atoms with E-state index in [1.54, 1.807) is 12.1 Å². The molecule has 0 atom stereocenters. The van der Waals surface area contributed by atoms with Crippen LogP contribution in [0.15, 0.2) is 42.5 Å². The standard InChI is InChI=1S/C16H13ClFN3/c1-9-5-7-10(8-6-9)13-15(20-21-16(13)19)11-3-2-4-12(18)14(11)17/h2-8H,1H3,(H3,19,20,21). The lowest BCUT2D eigenvalue weighted by atomic mass is 10.00. The van der Waals surface area contributed by atoms with Crippen LogP contribution >= 0.6 is 11.6 Å². The molecular formula is C16H13ClFN3. The van der Waals surface area contributed by atoms with Gasteiger partial charge in [-0.3, -0.25) is 5.10 Å². The maximum atomic E-state index is 13.7. The first-order valence-electron chi connectivity index (χ1n) is 6.43. The molecule has 0 aliphatic carbocycles. The highest BCUT2D eigenvalue weighted by atomic mass is 35.5. The Morgan fingerprint density at radius 1 is 1.14 bits per heavy atom. The van der Waals surface area contributed by atoms with Crippen LogP contribution in [0.25, 0.3) is 22.4 Å². The Labute approximate surface area is 126 Å². The number of aromatic nitrogens is 2. The predicted molar refractivity (Wildman–Crippen MR) is 83.6 cm³/mol. The van der Waals surface area contributed by atoms with Gasteiger partial charge in [0.25, 0.3) is 0 Å². The first-order chi connectivity index (χ1) is 10.1. The Morgan fingerprint density at radius 2 is 1.86 bits per heavy atom. The van der Waals surface area contributed by atoms with Gasteiger partial charge in [0.15, 0.2) is 5.82 Å². The number of aromatic amines is 1. The molecule has 106 valence electrons. The Morgan fingerprint density at radius 3 is 2.57 bits per heavy atom. The van der Waals surface area contributed by atoms with E-state index in [4.69, 9.17) is 17.3 Å².